The fraction of sp³-hybridized carbons (Fsp3) is 0. The zero-order chi connectivity index (χ0) is 27.2. The zero-order valence-corrected chi connectivity index (χ0v) is 20.8. The van der Waals surface area contributed by atoms with Gasteiger partial charge in [0, 0.05) is 24.8 Å². The van der Waals surface area contributed by atoms with E-state index in [4.69, 9.17) is 46.0 Å². The molecule has 37 heavy (non-hydrogen) atoms. The summed E-state index contributed by atoms with van der Waals surface area (Å²) in [5, 5.41) is 44.2. The molecule has 0 amide bonds. The van der Waals surface area contributed by atoms with Crippen molar-refractivity contribution in [3.8, 4) is 22.8 Å². The molecule has 4 aromatic rings. The Morgan fingerprint density at radius 3 is 0.676 bits per heavy atom. The minimum Gasteiger partial charge on any atom is -0.356 e. The van der Waals surface area contributed by atoms with E-state index < -0.39 is 15.3 Å². The van der Waals surface area contributed by atoms with Crippen molar-refractivity contribution in [1.82, 2.24) is 19.9 Å². The molecular weight excluding hydrogens is 634 g/mol. The Bertz CT molecular complexity index is 957. The average Bonchev–Trinajstić information content (AvgIpc) is 2.86. The van der Waals surface area contributed by atoms with Crippen LogP contribution in [0.5, 0.6) is 0 Å². The minimum atomic E-state index is -1.75. The van der Waals surface area contributed by atoms with E-state index in [0.717, 1.165) is 22.8 Å². The fourth-order valence-electron chi connectivity index (χ4n) is 2.06. The molecule has 0 fully saturated rings. The summed E-state index contributed by atoms with van der Waals surface area (Å²) in [5.74, 6) is 0. The van der Waals surface area contributed by atoms with Gasteiger partial charge in [0.05, 0.1) is 38.0 Å². The third-order valence-corrected chi connectivity index (χ3v) is 3.18. The first-order chi connectivity index (χ1) is 17.1. The maximum Gasteiger partial charge on any atom is 3.00 e. The molecule has 0 N–H and O–H groups in total. The molecule has 0 saturated heterocycles. The monoisotopic (exact) mass is 651 g/mol. The van der Waals surface area contributed by atoms with E-state index in [9.17, 15) is 0 Å². The van der Waals surface area contributed by atoms with Gasteiger partial charge in [-0.15, -0.1) is 0 Å². The van der Waals surface area contributed by atoms with Crippen molar-refractivity contribution in [2.75, 3.05) is 0 Å². The molecule has 0 aliphatic heterocycles. The topological polar surface area (TPSA) is 250 Å². The van der Waals surface area contributed by atoms with Crippen LogP contribution in [0, 0.1) is 95.3 Å². The van der Waals surface area contributed by atoms with E-state index in [-0.39, 0.29) is 49.4 Å². The van der Waals surface area contributed by atoms with Gasteiger partial charge in [-0.1, -0.05) is 24.3 Å². The van der Waals surface area contributed by atoms with E-state index >= 15 is 0 Å². The van der Waals surface area contributed by atoms with Crippen LogP contribution in [0.2, 0.25) is 0 Å². The molecule has 0 saturated carbocycles. The Kier molecular flexibility index (Phi) is 21.0. The van der Waals surface area contributed by atoms with Crippen LogP contribution in [-0.4, -0.2) is 35.2 Å². The molecule has 0 bridgehead atoms. The molecule has 0 radical (unpaired) electrons. The summed E-state index contributed by atoms with van der Waals surface area (Å²) in [5.41, 5.74) is 3.66. The molecule has 192 valence electrons. The Balaban J connectivity index is 0. The van der Waals surface area contributed by atoms with Crippen molar-refractivity contribution in [2.24, 2.45) is 0 Å². The summed E-state index contributed by atoms with van der Waals surface area (Å²) < 4.78 is 0. The van der Waals surface area contributed by atoms with E-state index in [1.165, 1.54) is 0 Å². The largest absolute Gasteiger partial charge is 3.00 e. The van der Waals surface area contributed by atoms with Crippen LogP contribution in [0.3, 0.4) is 0 Å². The van der Waals surface area contributed by atoms with Gasteiger partial charge >= 0.3 is 49.4 Å². The van der Waals surface area contributed by atoms with Gasteiger partial charge in [-0.2, -0.15) is 0 Å². The predicted octanol–water partition coefficient (Wildman–Crippen LogP) is 3.57. The molecule has 4 rings (SSSR count). The predicted molar refractivity (Wildman–Crippen MR) is 126 cm³/mol. The molecule has 4 aromatic heterocycles. The Hall–Kier alpha value is -4.22. The van der Waals surface area contributed by atoms with Crippen molar-refractivity contribution in [2.45, 2.75) is 0 Å². The fourth-order valence-corrected chi connectivity index (χ4v) is 2.06. The first kappa shape index (κ1) is 34.9. The van der Waals surface area contributed by atoms with E-state index in [2.05, 4.69) is 19.9 Å². The van der Waals surface area contributed by atoms with Crippen molar-refractivity contribution in [1.29, 1.82) is 0 Å². The van der Waals surface area contributed by atoms with Crippen LogP contribution < -0.4 is 0 Å². The Morgan fingerprint density at radius 2 is 0.568 bits per heavy atom. The molecule has 0 spiro atoms. The van der Waals surface area contributed by atoms with Crippen molar-refractivity contribution < 1.29 is 64.6 Å². The second-order valence-corrected chi connectivity index (χ2v) is 5.53. The number of rotatable bonds is 2. The van der Waals surface area contributed by atoms with Crippen LogP contribution in [-0.2, 0) is 0 Å². The van der Waals surface area contributed by atoms with Crippen LogP contribution in [0.25, 0.3) is 22.8 Å². The second-order valence-electron chi connectivity index (χ2n) is 5.53. The molecule has 0 aromatic carbocycles. The number of hydrogen-bond donors (Lipinski definition) is 0. The molecule has 4 heterocycles. The van der Waals surface area contributed by atoms with Gasteiger partial charge in [-0.3, -0.25) is 19.9 Å². The minimum absolute atomic E-state index is 0. The molecule has 16 nitrogen and oxygen atoms in total. The van der Waals surface area contributed by atoms with E-state index in [1.807, 2.05) is 72.8 Å². The summed E-state index contributed by atoms with van der Waals surface area (Å²) in [4.78, 5) is 41.5. The zero-order valence-electron chi connectivity index (χ0n) is 18.4. The summed E-state index contributed by atoms with van der Waals surface area (Å²) in [7, 11) is 0. The quantitative estimate of drug-likeness (QED) is 0.222. The first-order valence-electron chi connectivity index (χ1n) is 9.23. The van der Waals surface area contributed by atoms with Gasteiger partial charge in [-0.25, -0.2) is 0 Å². The molecule has 0 atom stereocenters. The number of pyridine rings is 4. The summed E-state index contributed by atoms with van der Waals surface area (Å²) >= 11 is 0. The van der Waals surface area contributed by atoms with Crippen molar-refractivity contribution in [3.05, 3.63) is 144 Å². The third-order valence-electron chi connectivity index (χ3n) is 3.18. The van der Waals surface area contributed by atoms with Crippen molar-refractivity contribution >= 4 is 0 Å². The van der Waals surface area contributed by atoms with Crippen molar-refractivity contribution in [3.63, 3.8) is 0 Å². The Labute approximate surface area is 249 Å². The van der Waals surface area contributed by atoms with E-state index in [1.54, 1.807) is 24.8 Å². The molecule has 0 unspecified atom stereocenters. The summed E-state index contributed by atoms with van der Waals surface area (Å²) in [6, 6.07) is 23.2. The smallest absolute Gasteiger partial charge is 0.356 e. The maximum absolute atomic E-state index is 8.25. The molecule has 17 heteroatoms. The van der Waals surface area contributed by atoms with Crippen LogP contribution in [0.15, 0.2) is 97.6 Å². The standard InChI is InChI=1S/2C10H8N2.Eu.3NO3/c2*1-3-7-11-9(5-1)10-6-2-4-8-12-10;;3*2-1(3)4/h2*1-8H;;;;/q;;+3;3*-1. The van der Waals surface area contributed by atoms with E-state index in [0.29, 0.717) is 0 Å². The summed E-state index contributed by atoms with van der Waals surface area (Å²) in [6.45, 7) is 0. The van der Waals surface area contributed by atoms with Gasteiger partial charge in [0.15, 0.2) is 0 Å². The van der Waals surface area contributed by atoms with Crippen LogP contribution >= 0.6 is 0 Å². The maximum atomic E-state index is 8.25. The molecular formula is C20H16EuN7O9. The number of hydrogen-bond acceptors (Lipinski definition) is 13. The average molecular weight is 650 g/mol. The van der Waals surface area contributed by atoms with Gasteiger partial charge < -0.3 is 46.0 Å². The van der Waals surface area contributed by atoms with Crippen LogP contribution in [0.1, 0.15) is 0 Å². The second kappa shape index (κ2) is 22.3. The van der Waals surface area contributed by atoms with Gasteiger partial charge in [0.1, 0.15) is 0 Å². The summed E-state index contributed by atoms with van der Waals surface area (Å²) in [6.07, 6.45) is 7.07. The van der Waals surface area contributed by atoms with Crippen LogP contribution in [0.4, 0.5) is 0 Å². The SMILES string of the molecule is O=[N+]([O-])[O-].O=[N+]([O-])[O-].O=[N+]([O-])[O-].[Eu+3].c1ccc(-c2ccccn2)nc1.c1ccc(-c2ccccn2)nc1. The Morgan fingerprint density at radius 1 is 0.405 bits per heavy atom. The third kappa shape index (κ3) is 22.0. The molecule has 0 aliphatic carbocycles. The van der Waals surface area contributed by atoms with Gasteiger partial charge in [0.25, 0.3) is 0 Å². The van der Waals surface area contributed by atoms with Gasteiger partial charge in [0.2, 0.25) is 0 Å². The molecule has 0 aliphatic rings. The number of nitrogens with zero attached hydrogens (tertiary/aromatic N) is 7. The number of aromatic nitrogens is 4. The first-order valence-corrected chi connectivity index (χ1v) is 9.23. The van der Waals surface area contributed by atoms with Gasteiger partial charge in [-0.05, 0) is 48.5 Å². The normalized spacial score (nSPS) is 8.22.